The van der Waals surface area contributed by atoms with Crippen LogP contribution in [-0.2, 0) is 0 Å². The highest BCUT2D eigenvalue weighted by Gasteiger charge is 2.32. The topological polar surface area (TPSA) is 140 Å². The van der Waals surface area contributed by atoms with E-state index in [2.05, 4.69) is 9.97 Å². The lowest BCUT2D eigenvalue weighted by molar-refractivity contribution is 0.0661. The number of aromatic nitrogens is 2. The number of carbonyl (C=O) groups excluding carboxylic acids is 1. The summed E-state index contributed by atoms with van der Waals surface area (Å²) in [7, 11) is 0. The van der Waals surface area contributed by atoms with E-state index in [1.54, 1.807) is 42.6 Å². The maximum atomic E-state index is 13.4. The Kier molecular flexibility index (Phi) is 4.84. The molecular weight excluding hydrogens is 424 g/mol. The number of para-hydroxylation sites is 2. The van der Waals surface area contributed by atoms with E-state index in [0.29, 0.717) is 21.9 Å². The Labute approximate surface area is 186 Å². The highest BCUT2D eigenvalue weighted by atomic mass is 16.4. The van der Waals surface area contributed by atoms with Gasteiger partial charge in [0.25, 0.3) is 0 Å². The molecule has 0 bridgehead atoms. The van der Waals surface area contributed by atoms with Crippen LogP contribution in [0, 0.1) is 0 Å². The molecule has 164 valence electrons. The van der Waals surface area contributed by atoms with Gasteiger partial charge in [-0.2, -0.15) is 0 Å². The summed E-state index contributed by atoms with van der Waals surface area (Å²) in [6.45, 7) is -0.127. The molecular formula is C25H18N2O6. The molecule has 5 rings (SSSR count). The fourth-order valence-electron chi connectivity index (χ4n) is 4.06. The first-order valence-electron chi connectivity index (χ1n) is 10.1. The molecule has 0 saturated carbocycles. The summed E-state index contributed by atoms with van der Waals surface area (Å²) < 4.78 is 5.44. The molecule has 0 aliphatic carbocycles. The smallest absolute Gasteiger partial charge is 0.372 e. The molecule has 0 radical (unpaired) electrons. The molecule has 0 fully saturated rings. The number of furan rings is 1. The van der Waals surface area contributed by atoms with Crippen LogP contribution in [0.1, 0.15) is 32.2 Å². The largest absolute Gasteiger partial charge is 0.504 e. The molecule has 33 heavy (non-hydrogen) atoms. The van der Waals surface area contributed by atoms with Gasteiger partial charge in [-0.25, -0.2) is 4.79 Å². The number of hydrogen-bond donors (Lipinski definition) is 5. The van der Waals surface area contributed by atoms with Crippen LogP contribution in [0.25, 0.3) is 39.0 Å². The van der Waals surface area contributed by atoms with Gasteiger partial charge < -0.3 is 29.7 Å². The number of hydrogen-bond acceptors (Lipinski definition) is 5. The van der Waals surface area contributed by atoms with Gasteiger partial charge in [-0.05, 0) is 11.6 Å². The van der Waals surface area contributed by atoms with Gasteiger partial charge in [0.15, 0.2) is 5.75 Å². The molecule has 0 amide bonds. The summed E-state index contributed by atoms with van der Waals surface area (Å²) in [6, 6.07) is 12.5. The number of benzene rings is 2. The van der Waals surface area contributed by atoms with Crippen molar-refractivity contribution in [2.24, 2.45) is 0 Å². The van der Waals surface area contributed by atoms with Crippen molar-refractivity contribution in [3.63, 3.8) is 0 Å². The number of aromatic amines is 2. The molecule has 0 atom stereocenters. The summed E-state index contributed by atoms with van der Waals surface area (Å²) in [6.07, 6.45) is 6.34. The highest BCUT2D eigenvalue weighted by molar-refractivity contribution is 6.18. The van der Waals surface area contributed by atoms with Crippen LogP contribution in [0.15, 0.2) is 65.4 Å². The molecule has 3 heterocycles. The number of carboxylic acids is 1. The molecule has 5 N–H and O–H groups in total. The van der Waals surface area contributed by atoms with E-state index in [1.165, 1.54) is 6.20 Å². The Bertz CT molecular complexity index is 1570. The molecule has 0 aliphatic rings. The number of aromatic hydroxyl groups is 1. The zero-order valence-corrected chi connectivity index (χ0v) is 17.1. The number of rotatable bonds is 6. The number of aliphatic hydroxyl groups excluding tert-OH is 1. The van der Waals surface area contributed by atoms with Gasteiger partial charge in [0.2, 0.25) is 17.3 Å². The summed E-state index contributed by atoms with van der Waals surface area (Å²) in [4.78, 5) is 31.3. The van der Waals surface area contributed by atoms with Crippen molar-refractivity contribution >= 4 is 39.6 Å². The van der Waals surface area contributed by atoms with Crippen LogP contribution in [0.5, 0.6) is 5.75 Å². The van der Waals surface area contributed by atoms with Crippen molar-refractivity contribution in [2.45, 2.75) is 0 Å². The van der Waals surface area contributed by atoms with E-state index >= 15 is 0 Å². The number of aromatic carboxylic acids is 1. The van der Waals surface area contributed by atoms with E-state index in [9.17, 15) is 19.8 Å². The molecule has 0 aliphatic heterocycles. The van der Waals surface area contributed by atoms with E-state index in [0.717, 1.165) is 11.1 Å². The SMILES string of the molecule is O=C(O)c1oc(C(=O)c2c[nH]c3c(C=CCO)cccc23)c(O)c1-c1c[nH]c2ccccc12. The first-order chi connectivity index (χ1) is 16.0. The quantitative estimate of drug-likeness (QED) is 0.245. The first-order valence-corrected chi connectivity index (χ1v) is 10.1. The fraction of sp³-hybridized carbons (Fsp3) is 0.0400. The molecule has 8 heteroatoms. The maximum Gasteiger partial charge on any atom is 0.372 e. The lowest BCUT2D eigenvalue weighted by Gasteiger charge is -2.00. The van der Waals surface area contributed by atoms with Crippen molar-refractivity contribution in [3.8, 4) is 16.9 Å². The molecule has 0 unspecified atom stereocenters. The lowest BCUT2D eigenvalue weighted by Crippen LogP contribution is -1.99. The summed E-state index contributed by atoms with van der Waals surface area (Å²) in [5.41, 5.74) is 2.74. The Balaban J connectivity index is 1.67. The number of nitrogens with one attached hydrogen (secondary N) is 2. The van der Waals surface area contributed by atoms with Crippen LogP contribution in [0.2, 0.25) is 0 Å². The average molecular weight is 442 g/mol. The van der Waals surface area contributed by atoms with E-state index in [1.807, 2.05) is 18.2 Å². The average Bonchev–Trinajstić information content (AvgIpc) is 3.52. The standard InChI is InChI=1S/C25H18N2O6/c28-10-4-6-13-5-3-8-15-17(12-27-20(13)15)21(29)24-22(30)19(23(33-24)25(31)32)16-11-26-18-9-2-1-7-14(16)18/h1-9,11-12,26-28,30H,10H2,(H,31,32). The Morgan fingerprint density at radius 2 is 1.76 bits per heavy atom. The Morgan fingerprint density at radius 3 is 2.55 bits per heavy atom. The number of carbonyl (C=O) groups is 2. The number of aliphatic hydroxyl groups is 1. The second kappa shape index (κ2) is 7.85. The molecule has 2 aromatic carbocycles. The fourth-order valence-corrected chi connectivity index (χ4v) is 4.06. The zero-order valence-electron chi connectivity index (χ0n) is 17.1. The van der Waals surface area contributed by atoms with Gasteiger partial charge in [0.1, 0.15) is 0 Å². The van der Waals surface area contributed by atoms with Gasteiger partial charge in [-0.15, -0.1) is 0 Å². The molecule has 0 saturated heterocycles. The van der Waals surface area contributed by atoms with Crippen molar-refractivity contribution < 1.29 is 29.3 Å². The van der Waals surface area contributed by atoms with E-state index in [-0.39, 0.29) is 17.7 Å². The third-order valence-electron chi connectivity index (χ3n) is 5.54. The highest BCUT2D eigenvalue weighted by Crippen LogP contribution is 2.42. The molecule has 8 nitrogen and oxygen atoms in total. The number of H-pyrrole nitrogens is 2. The minimum atomic E-state index is -1.40. The predicted molar refractivity (Wildman–Crippen MR) is 122 cm³/mol. The molecule has 0 spiro atoms. The van der Waals surface area contributed by atoms with Crippen LogP contribution in [0.4, 0.5) is 0 Å². The van der Waals surface area contributed by atoms with Crippen molar-refractivity contribution in [3.05, 3.63) is 83.6 Å². The Morgan fingerprint density at radius 1 is 0.970 bits per heavy atom. The van der Waals surface area contributed by atoms with Gasteiger partial charge in [-0.3, -0.25) is 4.79 Å². The van der Waals surface area contributed by atoms with Crippen molar-refractivity contribution in [1.29, 1.82) is 0 Å². The van der Waals surface area contributed by atoms with Gasteiger partial charge in [-0.1, -0.05) is 48.6 Å². The summed E-state index contributed by atoms with van der Waals surface area (Å²) in [5.74, 6) is -3.57. The normalized spacial score (nSPS) is 11.7. The third kappa shape index (κ3) is 3.20. The second-order valence-electron chi connectivity index (χ2n) is 7.42. The molecule has 5 aromatic rings. The van der Waals surface area contributed by atoms with Gasteiger partial charge >= 0.3 is 5.97 Å². The maximum absolute atomic E-state index is 13.4. The first kappa shape index (κ1) is 20.3. The summed E-state index contributed by atoms with van der Waals surface area (Å²) >= 11 is 0. The predicted octanol–water partition coefficient (Wildman–Crippen LogP) is 4.55. The van der Waals surface area contributed by atoms with E-state index < -0.39 is 29.0 Å². The summed E-state index contributed by atoms with van der Waals surface area (Å²) in [5, 5.41) is 31.0. The number of fused-ring (bicyclic) bond motifs is 2. The van der Waals surface area contributed by atoms with Crippen LogP contribution in [0.3, 0.4) is 0 Å². The van der Waals surface area contributed by atoms with Crippen LogP contribution < -0.4 is 0 Å². The minimum absolute atomic E-state index is 0.0605. The van der Waals surface area contributed by atoms with Crippen LogP contribution in [-0.4, -0.2) is 43.6 Å². The van der Waals surface area contributed by atoms with Gasteiger partial charge in [0, 0.05) is 34.2 Å². The molecule has 3 aromatic heterocycles. The third-order valence-corrected chi connectivity index (χ3v) is 5.54. The second-order valence-corrected chi connectivity index (χ2v) is 7.42. The lowest BCUT2D eigenvalue weighted by atomic mass is 10.0. The zero-order chi connectivity index (χ0) is 23.1. The van der Waals surface area contributed by atoms with Crippen molar-refractivity contribution in [1.82, 2.24) is 9.97 Å². The van der Waals surface area contributed by atoms with Crippen molar-refractivity contribution in [2.75, 3.05) is 6.61 Å². The van der Waals surface area contributed by atoms with Gasteiger partial charge in [0.05, 0.1) is 23.3 Å². The number of carboxylic acid groups (broad SMARTS) is 1. The van der Waals surface area contributed by atoms with Crippen LogP contribution >= 0.6 is 0 Å². The van der Waals surface area contributed by atoms with E-state index in [4.69, 9.17) is 9.52 Å². The Hall–Kier alpha value is -4.56. The monoisotopic (exact) mass is 442 g/mol. The number of ketones is 1. The minimum Gasteiger partial charge on any atom is -0.504 e.